The average Bonchev–Trinajstić information content (AvgIpc) is 2.32. The first-order valence-corrected chi connectivity index (χ1v) is 7.05. The van der Waals surface area contributed by atoms with E-state index in [0.29, 0.717) is 12.0 Å². The number of hydrogen-bond donors (Lipinski definition) is 1. The fraction of sp³-hybridized carbons (Fsp3) is 0.615. The van der Waals surface area contributed by atoms with Gasteiger partial charge in [0.15, 0.2) is 0 Å². The van der Waals surface area contributed by atoms with E-state index in [4.69, 9.17) is 5.73 Å². The molecule has 0 amide bonds. The molecule has 0 radical (unpaired) electrons. The molecule has 2 unspecified atom stereocenters. The van der Waals surface area contributed by atoms with Crippen molar-refractivity contribution in [2.45, 2.75) is 32.4 Å². The number of likely N-dealkylation sites (tertiary alicyclic amines) is 1. The standard InChI is InChI=1S/C13H20BrN3/c1-2-11-9-17(4-3-13(11)15)8-10-5-12(14)7-16-6-10/h5-7,11,13H,2-4,8-9,15H2,1H3. The lowest BCUT2D eigenvalue weighted by atomic mass is 9.90. The lowest BCUT2D eigenvalue weighted by molar-refractivity contribution is 0.145. The van der Waals surface area contributed by atoms with Crippen LogP contribution in [0.1, 0.15) is 25.3 Å². The van der Waals surface area contributed by atoms with Crippen molar-refractivity contribution in [1.82, 2.24) is 9.88 Å². The van der Waals surface area contributed by atoms with E-state index >= 15 is 0 Å². The van der Waals surface area contributed by atoms with Crippen LogP contribution in [-0.2, 0) is 6.54 Å². The van der Waals surface area contributed by atoms with Crippen LogP contribution < -0.4 is 5.73 Å². The van der Waals surface area contributed by atoms with E-state index in [2.05, 4.69) is 38.8 Å². The second kappa shape index (κ2) is 5.94. The van der Waals surface area contributed by atoms with Crippen LogP contribution in [0.25, 0.3) is 0 Å². The zero-order chi connectivity index (χ0) is 12.3. The van der Waals surface area contributed by atoms with Gasteiger partial charge in [-0.15, -0.1) is 0 Å². The number of hydrogen-bond acceptors (Lipinski definition) is 3. The SMILES string of the molecule is CCC1CN(Cc2cncc(Br)c2)CCC1N. The number of pyridine rings is 1. The molecule has 1 saturated heterocycles. The molecule has 1 fully saturated rings. The number of piperidine rings is 1. The highest BCUT2D eigenvalue weighted by Crippen LogP contribution is 2.20. The van der Waals surface area contributed by atoms with Crippen molar-refractivity contribution < 1.29 is 0 Å². The summed E-state index contributed by atoms with van der Waals surface area (Å²) in [5, 5.41) is 0. The van der Waals surface area contributed by atoms with Crippen molar-refractivity contribution in [3.8, 4) is 0 Å². The average molecular weight is 298 g/mol. The molecule has 4 heteroatoms. The molecule has 1 aliphatic rings. The molecule has 2 rings (SSSR count). The Balaban J connectivity index is 1.95. The molecule has 2 heterocycles. The van der Waals surface area contributed by atoms with E-state index in [-0.39, 0.29) is 0 Å². The van der Waals surface area contributed by atoms with Crippen LogP contribution in [0.5, 0.6) is 0 Å². The van der Waals surface area contributed by atoms with Crippen LogP contribution in [0.3, 0.4) is 0 Å². The van der Waals surface area contributed by atoms with Gasteiger partial charge in [-0.3, -0.25) is 9.88 Å². The maximum absolute atomic E-state index is 6.12. The molecule has 0 aromatic carbocycles. The number of nitrogens with zero attached hydrogens (tertiary/aromatic N) is 2. The van der Waals surface area contributed by atoms with Crippen molar-refractivity contribution in [3.63, 3.8) is 0 Å². The van der Waals surface area contributed by atoms with Gasteiger partial charge in [-0.2, -0.15) is 0 Å². The van der Waals surface area contributed by atoms with Crippen molar-refractivity contribution in [2.75, 3.05) is 13.1 Å². The summed E-state index contributed by atoms with van der Waals surface area (Å²) >= 11 is 3.46. The van der Waals surface area contributed by atoms with Crippen LogP contribution in [0.15, 0.2) is 22.9 Å². The number of nitrogens with two attached hydrogens (primary N) is 1. The first-order valence-electron chi connectivity index (χ1n) is 6.26. The maximum Gasteiger partial charge on any atom is 0.0410 e. The molecule has 0 spiro atoms. The van der Waals surface area contributed by atoms with Crippen molar-refractivity contribution >= 4 is 15.9 Å². The van der Waals surface area contributed by atoms with Crippen LogP contribution in [0.4, 0.5) is 0 Å². The molecule has 1 aromatic heterocycles. The molecule has 2 atom stereocenters. The highest BCUT2D eigenvalue weighted by Gasteiger charge is 2.25. The summed E-state index contributed by atoms with van der Waals surface area (Å²) in [6.07, 6.45) is 6.05. The monoisotopic (exact) mass is 297 g/mol. The summed E-state index contributed by atoms with van der Waals surface area (Å²) in [4.78, 5) is 6.69. The Kier molecular flexibility index (Phi) is 4.54. The van der Waals surface area contributed by atoms with E-state index in [1.54, 1.807) is 0 Å². The molecular formula is C13H20BrN3. The molecule has 94 valence electrons. The number of rotatable bonds is 3. The quantitative estimate of drug-likeness (QED) is 0.932. The highest BCUT2D eigenvalue weighted by atomic mass is 79.9. The van der Waals surface area contributed by atoms with Crippen LogP contribution in [0, 0.1) is 5.92 Å². The van der Waals surface area contributed by atoms with E-state index in [1.165, 1.54) is 12.0 Å². The Hall–Kier alpha value is -0.450. The second-order valence-corrected chi connectivity index (χ2v) is 5.78. The molecule has 0 aliphatic carbocycles. The minimum Gasteiger partial charge on any atom is -0.327 e. The summed E-state index contributed by atoms with van der Waals surface area (Å²) in [6, 6.07) is 2.53. The summed E-state index contributed by atoms with van der Waals surface area (Å²) in [7, 11) is 0. The third kappa shape index (κ3) is 3.50. The molecule has 1 aliphatic heterocycles. The lowest BCUT2D eigenvalue weighted by Gasteiger charge is -2.36. The Labute approximate surface area is 112 Å². The van der Waals surface area contributed by atoms with Gasteiger partial charge in [-0.1, -0.05) is 13.3 Å². The molecular weight excluding hydrogens is 278 g/mol. The van der Waals surface area contributed by atoms with Gasteiger partial charge < -0.3 is 5.73 Å². The summed E-state index contributed by atoms with van der Waals surface area (Å²) < 4.78 is 1.05. The van der Waals surface area contributed by atoms with Gasteiger partial charge in [-0.25, -0.2) is 0 Å². The Morgan fingerprint density at radius 1 is 1.53 bits per heavy atom. The Morgan fingerprint density at radius 3 is 3.06 bits per heavy atom. The summed E-state index contributed by atoms with van der Waals surface area (Å²) in [5.41, 5.74) is 7.39. The molecule has 1 aromatic rings. The van der Waals surface area contributed by atoms with Gasteiger partial charge in [0.25, 0.3) is 0 Å². The van der Waals surface area contributed by atoms with Crippen molar-refractivity contribution in [3.05, 3.63) is 28.5 Å². The molecule has 17 heavy (non-hydrogen) atoms. The fourth-order valence-corrected chi connectivity index (χ4v) is 2.91. The van der Waals surface area contributed by atoms with Gasteiger partial charge in [0.05, 0.1) is 0 Å². The van der Waals surface area contributed by atoms with Gasteiger partial charge in [-0.05, 0) is 46.4 Å². The minimum atomic E-state index is 0.386. The zero-order valence-electron chi connectivity index (χ0n) is 10.3. The summed E-state index contributed by atoms with van der Waals surface area (Å²) in [6.45, 7) is 5.43. The molecule has 0 saturated carbocycles. The van der Waals surface area contributed by atoms with E-state index in [0.717, 1.165) is 30.5 Å². The number of halogens is 1. The largest absolute Gasteiger partial charge is 0.327 e. The maximum atomic E-state index is 6.12. The smallest absolute Gasteiger partial charge is 0.0410 e. The zero-order valence-corrected chi connectivity index (χ0v) is 11.9. The van der Waals surface area contributed by atoms with Crippen LogP contribution >= 0.6 is 15.9 Å². The van der Waals surface area contributed by atoms with Gasteiger partial charge in [0, 0.05) is 36.0 Å². The van der Waals surface area contributed by atoms with Crippen LogP contribution in [-0.4, -0.2) is 29.0 Å². The van der Waals surface area contributed by atoms with Crippen molar-refractivity contribution in [1.29, 1.82) is 0 Å². The first-order chi connectivity index (χ1) is 8.19. The molecule has 2 N–H and O–H groups in total. The van der Waals surface area contributed by atoms with E-state index in [1.807, 2.05) is 12.4 Å². The Bertz CT molecular complexity index is 369. The third-order valence-electron chi connectivity index (χ3n) is 3.57. The van der Waals surface area contributed by atoms with E-state index < -0.39 is 0 Å². The van der Waals surface area contributed by atoms with Crippen molar-refractivity contribution in [2.24, 2.45) is 11.7 Å². The number of aromatic nitrogens is 1. The normalized spacial score (nSPS) is 26.1. The predicted octanol–water partition coefficient (Wildman–Crippen LogP) is 2.40. The van der Waals surface area contributed by atoms with E-state index in [9.17, 15) is 0 Å². The third-order valence-corrected chi connectivity index (χ3v) is 4.00. The molecule has 0 bridgehead atoms. The lowest BCUT2D eigenvalue weighted by Crippen LogP contribution is -2.46. The highest BCUT2D eigenvalue weighted by molar-refractivity contribution is 9.10. The van der Waals surface area contributed by atoms with Gasteiger partial charge in [0.2, 0.25) is 0 Å². The minimum absolute atomic E-state index is 0.386. The van der Waals surface area contributed by atoms with Gasteiger partial charge in [0.1, 0.15) is 0 Å². The summed E-state index contributed by atoms with van der Waals surface area (Å²) in [5.74, 6) is 0.642. The Morgan fingerprint density at radius 2 is 2.35 bits per heavy atom. The predicted molar refractivity (Wildman–Crippen MR) is 73.6 cm³/mol. The second-order valence-electron chi connectivity index (χ2n) is 4.87. The molecule has 3 nitrogen and oxygen atoms in total. The van der Waals surface area contributed by atoms with Crippen LogP contribution in [0.2, 0.25) is 0 Å². The first kappa shape index (κ1) is 13.0. The van der Waals surface area contributed by atoms with Gasteiger partial charge >= 0.3 is 0 Å². The fourth-order valence-electron chi connectivity index (χ4n) is 2.50. The topological polar surface area (TPSA) is 42.2 Å².